The first-order valence-corrected chi connectivity index (χ1v) is 8.64. The number of nitrogens with zero attached hydrogens (tertiary/aromatic N) is 3. The zero-order chi connectivity index (χ0) is 16.2. The lowest BCUT2D eigenvalue weighted by Crippen LogP contribution is -2.34. The molecule has 1 aliphatic heterocycles. The fourth-order valence-electron chi connectivity index (χ4n) is 3.18. The van der Waals surface area contributed by atoms with Crippen LogP contribution in [-0.4, -0.2) is 39.5 Å². The molecular weight excluding hydrogens is 310 g/mol. The van der Waals surface area contributed by atoms with Crippen LogP contribution < -0.4 is 0 Å². The number of aliphatic hydroxyl groups is 1. The molecule has 0 aliphatic carbocycles. The first-order chi connectivity index (χ1) is 11.2. The van der Waals surface area contributed by atoms with Gasteiger partial charge in [0, 0.05) is 18.7 Å². The van der Waals surface area contributed by atoms with Crippen molar-refractivity contribution in [3.63, 3.8) is 0 Å². The van der Waals surface area contributed by atoms with Crippen LogP contribution in [0.5, 0.6) is 0 Å². The molecule has 1 fully saturated rings. The van der Waals surface area contributed by atoms with Crippen molar-refractivity contribution in [2.24, 2.45) is 5.92 Å². The third-order valence-electron chi connectivity index (χ3n) is 4.71. The van der Waals surface area contributed by atoms with E-state index in [0.717, 1.165) is 48.9 Å². The highest BCUT2D eigenvalue weighted by Gasteiger charge is 2.21. The van der Waals surface area contributed by atoms with Gasteiger partial charge in [-0.2, -0.15) is 5.10 Å². The van der Waals surface area contributed by atoms with Crippen molar-refractivity contribution in [3.8, 4) is 0 Å². The maximum absolute atomic E-state index is 9.25. The summed E-state index contributed by atoms with van der Waals surface area (Å²) in [5.41, 5.74) is 3.34. The fourth-order valence-corrected chi connectivity index (χ4v) is 3.48. The molecule has 0 atom stereocenters. The van der Waals surface area contributed by atoms with Crippen LogP contribution in [0, 0.1) is 12.8 Å². The van der Waals surface area contributed by atoms with Gasteiger partial charge in [0.25, 0.3) is 0 Å². The van der Waals surface area contributed by atoms with Gasteiger partial charge in [-0.1, -0.05) is 41.9 Å². The lowest BCUT2D eigenvalue weighted by molar-refractivity contribution is 0.127. The maximum atomic E-state index is 9.25. The van der Waals surface area contributed by atoms with Gasteiger partial charge in [-0.15, -0.1) is 0 Å². The van der Waals surface area contributed by atoms with Crippen molar-refractivity contribution in [1.82, 2.24) is 14.7 Å². The van der Waals surface area contributed by atoms with E-state index in [1.165, 1.54) is 5.56 Å². The Morgan fingerprint density at radius 2 is 1.87 bits per heavy atom. The van der Waals surface area contributed by atoms with E-state index in [9.17, 15) is 5.11 Å². The molecule has 1 aliphatic rings. The Bertz CT molecular complexity index is 633. The topological polar surface area (TPSA) is 41.3 Å². The van der Waals surface area contributed by atoms with E-state index >= 15 is 0 Å². The quantitative estimate of drug-likeness (QED) is 0.914. The molecule has 5 heteroatoms. The van der Waals surface area contributed by atoms with Crippen LogP contribution in [0.15, 0.2) is 30.3 Å². The molecule has 0 saturated carbocycles. The van der Waals surface area contributed by atoms with E-state index in [2.05, 4.69) is 22.1 Å². The number of benzene rings is 1. The minimum absolute atomic E-state index is 0.308. The zero-order valence-electron chi connectivity index (χ0n) is 13.6. The normalized spacial score (nSPS) is 16.8. The van der Waals surface area contributed by atoms with Crippen molar-refractivity contribution in [1.29, 1.82) is 0 Å². The number of hydrogen-bond acceptors (Lipinski definition) is 3. The second-order valence-corrected chi connectivity index (χ2v) is 6.76. The zero-order valence-corrected chi connectivity index (χ0v) is 14.3. The molecule has 3 rings (SSSR count). The van der Waals surface area contributed by atoms with Crippen molar-refractivity contribution < 1.29 is 5.11 Å². The summed E-state index contributed by atoms with van der Waals surface area (Å²) in [5, 5.41) is 14.6. The predicted molar refractivity (Wildman–Crippen MR) is 92.6 cm³/mol. The van der Waals surface area contributed by atoms with Crippen molar-refractivity contribution in [3.05, 3.63) is 52.3 Å². The second kappa shape index (κ2) is 7.47. The van der Waals surface area contributed by atoms with Gasteiger partial charge in [-0.3, -0.25) is 4.90 Å². The number of rotatable bonds is 5. The van der Waals surface area contributed by atoms with Crippen LogP contribution in [0.4, 0.5) is 0 Å². The van der Waals surface area contributed by atoms with E-state index in [1.807, 2.05) is 29.8 Å². The molecule has 1 saturated heterocycles. The molecule has 4 nitrogen and oxygen atoms in total. The number of piperidine rings is 1. The summed E-state index contributed by atoms with van der Waals surface area (Å²) in [5.74, 6) is 0.462. The highest BCUT2D eigenvalue weighted by Crippen LogP contribution is 2.25. The van der Waals surface area contributed by atoms with Gasteiger partial charge in [0.2, 0.25) is 0 Å². The molecule has 0 bridgehead atoms. The fraction of sp³-hybridized carbons (Fsp3) is 0.500. The molecule has 2 heterocycles. The number of aliphatic hydroxyl groups excluding tert-OH is 1. The summed E-state index contributed by atoms with van der Waals surface area (Å²) < 4.78 is 1.89. The molecule has 1 N–H and O–H groups in total. The average Bonchev–Trinajstić information content (AvgIpc) is 2.84. The van der Waals surface area contributed by atoms with Crippen LogP contribution >= 0.6 is 11.6 Å². The average molecular weight is 334 g/mol. The second-order valence-electron chi connectivity index (χ2n) is 6.40. The standard InChI is InChI=1S/C18H24ClN3O/c1-14-17(12-21-9-7-16(13-23)8-10-21)18(19)22(20-14)11-15-5-3-2-4-6-15/h2-6,16,23H,7-13H2,1H3. The molecule has 1 aromatic heterocycles. The molecular formula is C18H24ClN3O. The molecule has 2 aromatic rings. The highest BCUT2D eigenvalue weighted by atomic mass is 35.5. The van der Waals surface area contributed by atoms with Gasteiger partial charge >= 0.3 is 0 Å². The SMILES string of the molecule is Cc1nn(Cc2ccccc2)c(Cl)c1CN1CCC(CO)CC1. The monoisotopic (exact) mass is 333 g/mol. The minimum Gasteiger partial charge on any atom is -0.396 e. The number of aryl methyl sites for hydroxylation is 1. The van der Waals surface area contributed by atoms with Crippen LogP contribution in [-0.2, 0) is 13.1 Å². The van der Waals surface area contributed by atoms with Gasteiger partial charge in [0.15, 0.2) is 0 Å². The molecule has 1 aromatic carbocycles. The van der Waals surface area contributed by atoms with Gasteiger partial charge in [0.05, 0.1) is 12.2 Å². The van der Waals surface area contributed by atoms with Crippen LogP contribution in [0.25, 0.3) is 0 Å². The van der Waals surface area contributed by atoms with E-state index < -0.39 is 0 Å². The minimum atomic E-state index is 0.308. The van der Waals surface area contributed by atoms with E-state index in [1.54, 1.807) is 0 Å². The third kappa shape index (κ3) is 3.94. The van der Waals surface area contributed by atoms with Gasteiger partial charge in [0.1, 0.15) is 5.15 Å². The summed E-state index contributed by atoms with van der Waals surface area (Å²) in [6.07, 6.45) is 2.12. The molecule has 0 amide bonds. The molecule has 0 unspecified atom stereocenters. The summed E-state index contributed by atoms with van der Waals surface area (Å²) in [4.78, 5) is 2.41. The lowest BCUT2D eigenvalue weighted by atomic mass is 9.97. The van der Waals surface area contributed by atoms with Crippen molar-refractivity contribution in [2.75, 3.05) is 19.7 Å². The number of likely N-dealkylation sites (tertiary alicyclic amines) is 1. The molecule has 0 radical (unpaired) electrons. The Hall–Kier alpha value is -1.36. The maximum Gasteiger partial charge on any atom is 0.132 e. The summed E-state index contributed by atoms with van der Waals surface area (Å²) in [6.45, 7) is 5.92. The van der Waals surface area contributed by atoms with Crippen LogP contribution in [0.1, 0.15) is 29.7 Å². The third-order valence-corrected chi connectivity index (χ3v) is 5.13. The number of halogens is 1. The smallest absolute Gasteiger partial charge is 0.132 e. The van der Waals surface area contributed by atoms with Gasteiger partial charge in [-0.25, -0.2) is 4.68 Å². The Labute approximate surface area is 142 Å². The van der Waals surface area contributed by atoms with Gasteiger partial charge in [-0.05, 0) is 44.3 Å². The number of hydrogen-bond donors (Lipinski definition) is 1. The van der Waals surface area contributed by atoms with Crippen LogP contribution in [0.3, 0.4) is 0 Å². The molecule has 124 valence electrons. The Kier molecular flexibility index (Phi) is 5.36. The first-order valence-electron chi connectivity index (χ1n) is 8.26. The predicted octanol–water partition coefficient (Wildman–Crippen LogP) is 3.10. The summed E-state index contributed by atoms with van der Waals surface area (Å²) in [7, 11) is 0. The number of aromatic nitrogens is 2. The Balaban J connectivity index is 1.69. The van der Waals surface area contributed by atoms with Crippen molar-refractivity contribution in [2.45, 2.75) is 32.9 Å². The van der Waals surface area contributed by atoms with E-state index in [0.29, 0.717) is 19.1 Å². The highest BCUT2D eigenvalue weighted by molar-refractivity contribution is 6.30. The summed E-state index contributed by atoms with van der Waals surface area (Å²) >= 11 is 6.59. The summed E-state index contributed by atoms with van der Waals surface area (Å²) in [6, 6.07) is 10.3. The van der Waals surface area contributed by atoms with E-state index in [-0.39, 0.29) is 0 Å². The van der Waals surface area contributed by atoms with E-state index in [4.69, 9.17) is 11.6 Å². The molecule has 0 spiro atoms. The molecule has 23 heavy (non-hydrogen) atoms. The Morgan fingerprint density at radius 3 is 2.52 bits per heavy atom. The van der Waals surface area contributed by atoms with Crippen LogP contribution in [0.2, 0.25) is 5.15 Å². The first kappa shape index (κ1) is 16.5. The van der Waals surface area contributed by atoms with Crippen molar-refractivity contribution >= 4 is 11.6 Å². The lowest BCUT2D eigenvalue weighted by Gasteiger charge is -2.30. The largest absolute Gasteiger partial charge is 0.396 e. The van der Waals surface area contributed by atoms with Gasteiger partial charge < -0.3 is 5.11 Å². The Morgan fingerprint density at radius 1 is 1.17 bits per heavy atom.